The Labute approximate surface area is 273 Å². The van der Waals surface area contributed by atoms with Crippen molar-refractivity contribution in [3.05, 3.63) is 137 Å². The van der Waals surface area contributed by atoms with E-state index in [4.69, 9.17) is 0 Å². The third-order valence-electron chi connectivity index (χ3n) is 9.40. The van der Waals surface area contributed by atoms with Crippen molar-refractivity contribution in [2.45, 2.75) is 36.2 Å². The number of ketones is 1. The Balaban J connectivity index is 1.23. The van der Waals surface area contributed by atoms with Crippen LogP contribution >= 0.6 is 0 Å². The van der Waals surface area contributed by atoms with Gasteiger partial charge in [-0.15, -0.1) is 0 Å². The van der Waals surface area contributed by atoms with Gasteiger partial charge in [0.1, 0.15) is 11.4 Å². The van der Waals surface area contributed by atoms with Crippen molar-refractivity contribution >= 4 is 21.7 Å². The zero-order chi connectivity index (χ0) is 32.8. The topological polar surface area (TPSA) is 136 Å². The fraction of sp³-hybridized carbons (Fsp3) is 0.250. The maximum Gasteiger partial charge on any atom is 0.254 e. The lowest BCUT2D eigenvalue weighted by Crippen LogP contribution is -2.51. The molecule has 1 N–H and O–H groups in total. The van der Waals surface area contributed by atoms with Gasteiger partial charge in [0.25, 0.3) is 5.91 Å². The Hall–Kier alpha value is -5.18. The maximum absolute atomic E-state index is 14.8. The molecule has 2 aliphatic heterocycles. The van der Waals surface area contributed by atoms with Gasteiger partial charge in [-0.25, -0.2) is 8.42 Å². The second-order valence-corrected chi connectivity index (χ2v) is 14.4. The minimum atomic E-state index is -3.69. The number of pyridine rings is 2. The highest BCUT2D eigenvalue weighted by molar-refractivity contribution is 7.89. The van der Waals surface area contributed by atoms with E-state index in [-0.39, 0.29) is 47.6 Å². The van der Waals surface area contributed by atoms with Gasteiger partial charge in [0.2, 0.25) is 10.0 Å². The van der Waals surface area contributed by atoms with E-state index in [1.807, 2.05) is 31.2 Å². The van der Waals surface area contributed by atoms with Gasteiger partial charge < -0.3 is 5.32 Å². The fourth-order valence-corrected chi connectivity index (χ4v) is 8.43. The lowest BCUT2D eigenvalue weighted by molar-refractivity contribution is -0.132. The van der Waals surface area contributed by atoms with Crippen LogP contribution in [-0.2, 0) is 27.7 Å². The van der Waals surface area contributed by atoms with Crippen molar-refractivity contribution in [3.63, 3.8) is 0 Å². The van der Waals surface area contributed by atoms with Crippen LogP contribution in [0.25, 0.3) is 0 Å². The van der Waals surface area contributed by atoms with Crippen LogP contribution in [0, 0.1) is 30.1 Å². The van der Waals surface area contributed by atoms with E-state index in [1.165, 1.54) is 10.4 Å². The number of carbonyl (C=O) groups is 2. The maximum atomic E-state index is 14.8. The first-order chi connectivity index (χ1) is 22.7. The van der Waals surface area contributed by atoms with E-state index in [0.717, 1.165) is 16.7 Å². The minimum Gasteiger partial charge on any atom is -0.357 e. The molecule has 7 rings (SSSR count). The molecule has 4 heterocycles. The summed E-state index contributed by atoms with van der Waals surface area (Å²) in [6, 6.07) is 22.5. The number of nitrogens with zero attached hydrogens (tertiary/aromatic N) is 5. The summed E-state index contributed by atoms with van der Waals surface area (Å²) in [5.41, 5.74) is 2.49. The molecule has 10 nitrogen and oxygen atoms in total. The summed E-state index contributed by atoms with van der Waals surface area (Å²) >= 11 is 0. The van der Waals surface area contributed by atoms with Gasteiger partial charge in [-0.2, -0.15) is 9.57 Å². The Morgan fingerprint density at radius 2 is 1.47 bits per heavy atom. The quantitative estimate of drug-likeness (QED) is 0.216. The number of nitriles is 1. The van der Waals surface area contributed by atoms with E-state index < -0.39 is 15.6 Å². The summed E-state index contributed by atoms with van der Waals surface area (Å²) in [7, 11) is -3.69. The van der Waals surface area contributed by atoms with E-state index in [0.29, 0.717) is 29.8 Å². The molecule has 2 unspecified atom stereocenters. The lowest BCUT2D eigenvalue weighted by atomic mass is 9.85. The van der Waals surface area contributed by atoms with Crippen LogP contribution in [-0.4, -0.2) is 64.0 Å². The molecule has 2 saturated heterocycles. The van der Waals surface area contributed by atoms with Crippen LogP contribution in [0.5, 0.6) is 0 Å². The third kappa shape index (κ3) is 5.71. The number of piperidine rings is 1. The molecule has 11 heteroatoms. The predicted molar refractivity (Wildman–Crippen MR) is 173 cm³/mol. The summed E-state index contributed by atoms with van der Waals surface area (Å²) < 4.78 is 28.4. The normalized spacial score (nSPS) is 22.5. The van der Waals surface area contributed by atoms with Gasteiger partial charge >= 0.3 is 0 Å². The molecular weight excluding hydrogens is 613 g/mol. The largest absolute Gasteiger partial charge is 0.357 e. The molecule has 2 atom stereocenters. The highest BCUT2D eigenvalue weighted by atomic mass is 32.2. The van der Waals surface area contributed by atoms with Crippen molar-refractivity contribution in [3.8, 4) is 6.07 Å². The number of fused-ring (bicyclic) bond motifs is 1. The molecule has 4 aromatic rings. The summed E-state index contributed by atoms with van der Waals surface area (Å²) in [5.74, 6) is -0.246. The van der Waals surface area contributed by atoms with E-state index in [2.05, 4.69) is 21.4 Å². The second kappa shape index (κ2) is 11.9. The lowest BCUT2D eigenvalue weighted by Gasteiger charge is -2.28. The number of sulfonamides is 1. The average Bonchev–Trinajstić information content (AvgIpc) is 3.41. The first-order valence-electron chi connectivity index (χ1n) is 15.4. The fourth-order valence-electron chi connectivity index (χ4n) is 6.91. The highest BCUT2D eigenvalue weighted by Crippen LogP contribution is 2.53. The number of aryl methyl sites for hydroxylation is 1. The third-order valence-corrected chi connectivity index (χ3v) is 11.2. The monoisotopic (exact) mass is 644 g/mol. The number of amides is 1. The molecule has 0 radical (unpaired) electrons. The molecule has 47 heavy (non-hydrogen) atoms. The Morgan fingerprint density at radius 1 is 0.915 bits per heavy atom. The number of rotatable bonds is 9. The van der Waals surface area contributed by atoms with Crippen molar-refractivity contribution < 1.29 is 18.0 Å². The summed E-state index contributed by atoms with van der Waals surface area (Å²) in [4.78, 5) is 38.6. The number of nitrogens with one attached hydrogen (secondary N) is 1. The second-order valence-electron chi connectivity index (χ2n) is 12.5. The van der Waals surface area contributed by atoms with Gasteiger partial charge in [-0.1, -0.05) is 17.7 Å². The van der Waals surface area contributed by atoms with Gasteiger partial charge in [0.15, 0.2) is 5.78 Å². The van der Waals surface area contributed by atoms with Crippen LogP contribution in [0.3, 0.4) is 0 Å². The van der Waals surface area contributed by atoms with Crippen molar-refractivity contribution in [2.75, 3.05) is 13.1 Å². The Bertz CT molecular complexity index is 1960. The number of hydrogen-bond acceptors (Lipinski definition) is 8. The molecule has 1 saturated carbocycles. The van der Waals surface area contributed by atoms with Crippen molar-refractivity contribution in [1.82, 2.24) is 24.5 Å². The molecule has 0 spiro atoms. The summed E-state index contributed by atoms with van der Waals surface area (Å²) in [5, 5.41) is 12.7. The predicted octanol–water partition coefficient (Wildman–Crippen LogP) is 3.66. The number of aromatic nitrogens is 2. The van der Waals surface area contributed by atoms with Crippen LogP contribution in [0.15, 0.2) is 114 Å². The number of benzene rings is 2. The molecule has 0 bridgehead atoms. The first-order valence-corrected chi connectivity index (χ1v) is 16.9. The van der Waals surface area contributed by atoms with Crippen LogP contribution < -0.4 is 5.32 Å². The number of carbonyl (C=O) groups excluding carboxylic acids is 2. The number of hydrogen-bond donors (Lipinski definition) is 1. The molecule has 2 aromatic carbocycles. The Morgan fingerprint density at radius 3 is 2.00 bits per heavy atom. The molecule has 3 fully saturated rings. The smallest absolute Gasteiger partial charge is 0.254 e. The van der Waals surface area contributed by atoms with Crippen molar-refractivity contribution in [1.29, 1.82) is 5.26 Å². The van der Waals surface area contributed by atoms with Gasteiger partial charge in [-0.3, -0.25) is 24.5 Å². The highest BCUT2D eigenvalue weighted by Gasteiger charge is 2.65. The molecule has 2 aromatic heterocycles. The molecule has 1 aliphatic carbocycles. The van der Waals surface area contributed by atoms with E-state index in [1.54, 1.807) is 78.2 Å². The Kier molecular flexibility index (Phi) is 7.70. The van der Waals surface area contributed by atoms with Crippen molar-refractivity contribution in [2.24, 2.45) is 11.8 Å². The van der Waals surface area contributed by atoms with Gasteiger partial charge in [0.05, 0.1) is 16.5 Å². The van der Waals surface area contributed by atoms with Crippen LogP contribution in [0.2, 0.25) is 0 Å². The zero-order valence-electron chi connectivity index (χ0n) is 25.7. The molecule has 1 amide bonds. The molecule has 236 valence electrons. The van der Waals surface area contributed by atoms with Gasteiger partial charge in [-0.05, 0) is 78.7 Å². The molecule has 3 aliphatic rings. The summed E-state index contributed by atoms with van der Waals surface area (Å²) in [6.45, 7) is 2.48. The zero-order valence-corrected chi connectivity index (χ0v) is 26.5. The van der Waals surface area contributed by atoms with E-state index in [9.17, 15) is 23.3 Å². The summed E-state index contributed by atoms with van der Waals surface area (Å²) in [6.07, 6.45) is 8.88. The van der Waals surface area contributed by atoms with Crippen LogP contribution in [0.4, 0.5) is 0 Å². The standard InChI is InChI=1S/C36H32N6O4S/c1-24-2-8-29(9-3-24)47(45,46)41-22-30-31(23-41)34(30)42-33(18-32(43)28-6-4-27(21-37)5-7-28)40-36(35(42)44,19-25-10-14-38-15-11-25)20-26-12-16-39-17-13-26/h2-18,30-31,34,40H,19-20,22-23H2,1H3/b33-18+. The average molecular weight is 645 g/mol. The molecular formula is C36H32N6O4S. The van der Waals surface area contributed by atoms with Crippen LogP contribution in [0.1, 0.15) is 32.6 Å². The first kappa shape index (κ1) is 30.5. The number of allylic oxidation sites excluding steroid dienone is 1. The minimum absolute atomic E-state index is 0.0768. The SMILES string of the molecule is Cc1ccc(S(=O)(=O)N2CC3C(C2)C3N2C(=O)C(Cc3ccncc3)(Cc3ccncc3)N/C2=C\C(=O)c2ccc(C#N)cc2)cc1. The van der Waals surface area contributed by atoms with E-state index >= 15 is 0 Å². The van der Waals surface area contributed by atoms with Gasteiger partial charge in [0, 0.05) is 80.2 Å².